The molecule has 2 heterocycles. The van der Waals surface area contributed by atoms with Crippen molar-refractivity contribution in [2.75, 3.05) is 30.0 Å². The van der Waals surface area contributed by atoms with Crippen molar-refractivity contribution in [3.8, 4) is 11.5 Å². The third-order valence-corrected chi connectivity index (χ3v) is 5.21. The van der Waals surface area contributed by atoms with Crippen molar-refractivity contribution in [2.45, 2.75) is 19.4 Å². The van der Waals surface area contributed by atoms with Crippen molar-refractivity contribution in [1.29, 1.82) is 0 Å². The summed E-state index contributed by atoms with van der Waals surface area (Å²) in [7, 11) is 0. The first-order chi connectivity index (χ1) is 14.4. The van der Waals surface area contributed by atoms with E-state index in [4.69, 9.17) is 21.1 Å². The third-order valence-electron chi connectivity index (χ3n) is 4.91. The molecule has 30 heavy (non-hydrogen) atoms. The monoisotopic (exact) mass is 429 g/mol. The van der Waals surface area contributed by atoms with Crippen LogP contribution in [-0.2, 0) is 14.4 Å². The van der Waals surface area contributed by atoms with Crippen molar-refractivity contribution < 1.29 is 23.9 Å². The van der Waals surface area contributed by atoms with E-state index in [1.807, 2.05) is 13.0 Å². The minimum Gasteiger partial charge on any atom is -0.486 e. The maximum Gasteiger partial charge on any atom is 0.313 e. The van der Waals surface area contributed by atoms with Gasteiger partial charge in [0.25, 0.3) is 0 Å². The second-order valence-electron chi connectivity index (χ2n) is 7.07. The fraction of sp³-hybridized carbons (Fsp3) is 0.286. The molecule has 2 aromatic carbocycles. The Kier molecular flexibility index (Phi) is 5.50. The third kappa shape index (κ3) is 4.04. The van der Waals surface area contributed by atoms with Crippen LogP contribution in [0.25, 0.3) is 0 Å². The highest BCUT2D eigenvalue weighted by Crippen LogP contribution is 2.33. The van der Waals surface area contributed by atoms with Crippen LogP contribution in [0.3, 0.4) is 0 Å². The van der Waals surface area contributed by atoms with Crippen LogP contribution in [0.4, 0.5) is 11.4 Å². The number of benzene rings is 2. The van der Waals surface area contributed by atoms with E-state index in [0.29, 0.717) is 54.1 Å². The molecule has 0 aliphatic carbocycles. The lowest BCUT2D eigenvalue weighted by Crippen LogP contribution is -2.46. The molecule has 9 heteroatoms. The normalized spacial score (nSPS) is 17.6. The van der Waals surface area contributed by atoms with E-state index in [1.54, 1.807) is 30.3 Å². The van der Waals surface area contributed by atoms with Gasteiger partial charge in [-0.2, -0.15) is 0 Å². The number of anilines is 2. The Morgan fingerprint density at radius 2 is 1.83 bits per heavy atom. The van der Waals surface area contributed by atoms with Crippen LogP contribution in [0, 0.1) is 6.92 Å². The SMILES string of the molecule is Cc1ccc(N2CCC(NC(=O)C(=O)Nc3ccc4c(c3)OCCO4)C2=O)c(Cl)c1. The molecule has 1 saturated heterocycles. The van der Waals surface area contributed by atoms with E-state index in [0.717, 1.165) is 5.56 Å². The summed E-state index contributed by atoms with van der Waals surface area (Å²) in [4.78, 5) is 38.8. The van der Waals surface area contributed by atoms with Gasteiger partial charge in [-0.1, -0.05) is 17.7 Å². The number of nitrogens with zero attached hydrogens (tertiary/aromatic N) is 1. The number of ether oxygens (including phenoxy) is 2. The van der Waals surface area contributed by atoms with Crippen LogP contribution < -0.4 is 25.0 Å². The summed E-state index contributed by atoms with van der Waals surface area (Å²) < 4.78 is 10.9. The number of amides is 3. The number of hydrogen-bond donors (Lipinski definition) is 2. The topological polar surface area (TPSA) is 97.0 Å². The highest BCUT2D eigenvalue weighted by Gasteiger charge is 2.35. The Labute approximate surface area is 178 Å². The van der Waals surface area contributed by atoms with Gasteiger partial charge in [0.05, 0.1) is 10.7 Å². The molecule has 2 aromatic rings. The van der Waals surface area contributed by atoms with E-state index < -0.39 is 17.9 Å². The minimum absolute atomic E-state index is 0.304. The zero-order valence-corrected chi connectivity index (χ0v) is 17.0. The van der Waals surface area contributed by atoms with Gasteiger partial charge in [0.1, 0.15) is 19.3 Å². The van der Waals surface area contributed by atoms with Gasteiger partial charge in [0.15, 0.2) is 11.5 Å². The molecule has 1 unspecified atom stereocenters. The summed E-state index contributed by atoms with van der Waals surface area (Å²) >= 11 is 6.26. The summed E-state index contributed by atoms with van der Waals surface area (Å²) in [5.74, 6) is -0.987. The number of rotatable bonds is 3. The Bertz CT molecular complexity index is 1030. The fourth-order valence-corrected chi connectivity index (χ4v) is 3.75. The molecule has 0 aromatic heterocycles. The zero-order valence-electron chi connectivity index (χ0n) is 16.2. The first-order valence-electron chi connectivity index (χ1n) is 9.51. The van der Waals surface area contributed by atoms with Crippen LogP contribution in [0.2, 0.25) is 5.02 Å². The lowest BCUT2D eigenvalue weighted by atomic mass is 10.2. The first kappa shape index (κ1) is 20.0. The maximum absolute atomic E-state index is 12.7. The van der Waals surface area contributed by atoms with Gasteiger partial charge in [-0.25, -0.2) is 0 Å². The zero-order chi connectivity index (χ0) is 21.3. The van der Waals surface area contributed by atoms with Gasteiger partial charge < -0.3 is 25.0 Å². The maximum atomic E-state index is 12.7. The number of fused-ring (bicyclic) bond motifs is 1. The molecular formula is C21H20ClN3O5. The lowest BCUT2D eigenvalue weighted by Gasteiger charge is -2.19. The molecule has 2 aliphatic rings. The molecule has 2 aliphatic heterocycles. The van der Waals surface area contributed by atoms with Gasteiger partial charge in [-0.15, -0.1) is 0 Å². The number of halogens is 1. The van der Waals surface area contributed by atoms with E-state index in [9.17, 15) is 14.4 Å². The van der Waals surface area contributed by atoms with Crippen LogP contribution in [-0.4, -0.2) is 43.5 Å². The molecule has 4 rings (SSSR count). The van der Waals surface area contributed by atoms with E-state index in [-0.39, 0.29) is 5.91 Å². The first-order valence-corrected chi connectivity index (χ1v) is 9.89. The molecule has 8 nitrogen and oxygen atoms in total. The average molecular weight is 430 g/mol. The van der Waals surface area contributed by atoms with E-state index in [2.05, 4.69) is 10.6 Å². The summed E-state index contributed by atoms with van der Waals surface area (Å²) in [6.45, 7) is 3.18. The van der Waals surface area contributed by atoms with Gasteiger partial charge in [0.2, 0.25) is 5.91 Å². The molecule has 3 amide bonds. The van der Waals surface area contributed by atoms with Crippen LogP contribution in [0.15, 0.2) is 36.4 Å². The lowest BCUT2D eigenvalue weighted by molar-refractivity contribution is -0.137. The van der Waals surface area contributed by atoms with E-state index >= 15 is 0 Å². The Hall–Kier alpha value is -3.26. The van der Waals surface area contributed by atoms with Crippen molar-refractivity contribution in [2.24, 2.45) is 0 Å². The molecule has 0 bridgehead atoms. The number of aryl methyl sites for hydroxylation is 1. The second-order valence-corrected chi connectivity index (χ2v) is 7.48. The van der Waals surface area contributed by atoms with Crippen LogP contribution in [0.5, 0.6) is 11.5 Å². The van der Waals surface area contributed by atoms with Gasteiger partial charge >= 0.3 is 11.8 Å². The number of carbonyl (C=O) groups is 3. The van der Waals surface area contributed by atoms with Crippen molar-refractivity contribution in [3.05, 3.63) is 47.0 Å². The predicted octanol–water partition coefficient (Wildman–Crippen LogP) is 2.28. The number of hydrogen-bond acceptors (Lipinski definition) is 5. The second kappa shape index (κ2) is 8.23. The quantitative estimate of drug-likeness (QED) is 0.729. The van der Waals surface area contributed by atoms with Gasteiger partial charge in [0, 0.05) is 18.3 Å². The smallest absolute Gasteiger partial charge is 0.313 e. The predicted molar refractivity (Wildman–Crippen MR) is 111 cm³/mol. The van der Waals surface area contributed by atoms with Crippen LogP contribution >= 0.6 is 11.6 Å². The van der Waals surface area contributed by atoms with Crippen molar-refractivity contribution in [1.82, 2.24) is 5.32 Å². The molecule has 0 spiro atoms. The summed E-state index contributed by atoms with van der Waals surface area (Å²) in [5.41, 5.74) is 1.96. The molecule has 156 valence electrons. The van der Waals surface area contributed by atoms with Crippen LogP contribution in [0.1, 0.15) is 12.0 Å². The summed E-state index contributed by atoms with van der Waals surface area (Å²) in [5, 5.41) is 5.47. The number of nitrogens with one attached hydrogen (secondary N) is 2. The Morgan fingerprint density at radius 1 is 1.07 bits per heavy atom. The van der Waals surface area contributed by atoms with Gasteiger partial charge in [-0.3, -0.25) is 14.4 Å². The van der Waals surface area contributed by atoms with Crippen molar-refractivity contribution in [3.63, 3.8) is 0 Å². The van der Waals surface area contributed by atoms with Crippen molar-refractivity contribution >= 4 is 40.7 Å². The minimum atomic E-state index is -0.889. The molecule has 0 saturated carbocycles. The summed E-state index contributed by atoms with van der Waals surface area (Å²) in [6, 6.07) is 9.47. The molecular weight excluding hydrogens is 410 g/mol. The Morgan fingerprint density at radius 3 is 2.60 bits per heavy atom. The highest BCUT2D eigenvalue weighted by molar-refractivity contribution is 6.40. The standard InChI is InChI=1S/C21H20ClN3O5/c1-12-2-4-16(14(22)10-12)25-7-6-15(21(25)28)24-20(27)19(26)23-13-3-5-17-18(11-13)30-9-8-29-17/h2-5,10-11,15H,6-9H2,1H3,(H,23,26)(H,24,27). The molecule has 1 atom stereocenters. The van der Waals surface area contributed by atoms with E-state index in [1.165, 1.54) is 4.90 Å². The van der Waals surface area contributed by atoms with Gasteiger partial charge in [-0.05, 0) is 43.2 Å². The molecule has 0 radical (unpaired) electrons. The number of carbonyl (C=O) groups excluding carboxylic acids is 3. The fourth-order valence-electron chi connectivity index (χ4n) is 3.42. The average Bonchev–Trinajstić information content (AvgIpc) is 3.08. The largest absolute Gasteiger partial charge is 0.486 e. The Balaban J connectivity index is 1.38. The summed E-state index contributed by atoms with van der Waals surface area (Å²) in [6.07, 6.45) is 0.381. The highest BCUT2D eigenvalue weighted by atomic mass is 35.5. The molecule has 2 N–H and O–H groups in total. The molecule has 1 fully saturated rings.